The van der Waals surface area contributed by atoms with Gasteiger partial charge in [-0.1, -0.05) is 48.5 Å². The van der Waals surface area contributed by atoms with Gasteiger partial charge in [-0.2, -0.15) is 0 Å². The number of carbonyl (C=O) groups excluding carboxylic acids is 2. The van der Waals surface area contributed by atoms with Gasteiger partial charge in [0.2, 0.25) is 5.91 Å². The highest BCUT2D eigenvalue weighted by Gasteiger charge is 2.31. The molecule has 1 aromatic heterocycles. The van der Waals surface area contributed by atoms with Crippen molar-refractivity contribution in [1.82, 2.24) is 15.2 Å². The Bertz CT molecular complexity index is 1210. The van der Waals surface area contributed by atoms with E-state index in [1.807, 2.05) is 62.4 Å². The van der Waals surface area contributed by atoms with E-state index < -0.39 is 30.4 Å². The van der Waals surface area contributed by atoms with E-state index in [1.165, 1.54) is 16.2 Å². The Morgan fingerprint density at radius 2 is 1.69 bits per heavy atom. The van der Waals surface area contributed by atoms with Crippen LogP contribution in [0.15, 0.2) is 48.5 Å². The normalized spacial score (nSPS) is 13.0. The van der Waals surface area contributed by atoms with E-state index in [2.05, 4.69) is 10.3 Å². The molecule has 0 aliphatic heterocycles. The van der Waals surface area contributed by atoms with E-state index >= 15 is 0 Å². The van der Waals surface area contributed by atoms with Crippen molar-refractivity contribution in [2.75, 3.05) is 13.7 Å². The molecular formula is C26H27N3O5S. The van der Waals surface area contributed by atoms with E-state index in [-0.39, 0.29) is 19.1 Å². The van der Waals surface area contributed by atoms with Crippen molar-refractivity contribution >= 4 is 29.3 Å². The van der Waals surface area contributed by atoms with Gasteiger partial charge in [-0.25, -0.2) is 9.78 Å². The fourth-order valence-corrected chi connectivity index (χ4v) is 5.30. The molecule has 2 amide bonds. The predicted octanol–water partition coefficient (Wildman–Crippen LogP) is 4.10. The SMILES string of the molecule is Cc1nc(CN(C)C(=O)C(CC(=O)O)NC(=O)OCC2c3ccccc3-c3ccccc32)sc1C. The predicted molar refractivity (Wildman–Crippen MR) is 132 cm³/mol. The standard InChI is InChI=1S/C26H27N3O5S/c1-15-16(2)35-23(27-15)13-29(3)25(32)22(12-24(30)31)28-26(33)34-14-21-19-10-6-4-8-17(19)18-9-5-7-11-20(18)21/h4-11,21-22H,12-14H2,1-3H3,(H,28,33)(H,30,31). The lowest BCUT2D eigenvalue weighted by molar-refractivity contribution is -0.142. The molecule has 0 saturated carbocycles. The molecule has 8 nitrogen and oxygen atoms in total. The van der Waals surface area contributed by atoms with E-state index in [0.717, 1.165) is 37.8 Å². The molecule has 4 rings (SSSR count). The Morgan fingerprint density at radius 1 is 1.09 bits per heavy atom. The summed E-state index contributed by atoms with van der Waals surface area (Å²) >= 11 is 1.48. The number of alkyl carbamates (subject to hydrolysis) is 1. The van der Waals surface area contributed by atoms with E-state index in [4.69, 9.17) is 4.74 Å². The molecule has 3 aromatic rings. The van der Waals surface area contributed by atoms with Gasteiger partial charge < -0.3 is 20.1 Å². The second kappa shape index (κ2) is 10.3. The van der Waals surface area contributed by atoms with Crippen LogP contribution in [0, 0.1) is 13.8 Å². The molecule has 0 fully saturated rings. The molecule has 2 N–H and O–H groups in total. The van der Waals surface area contributed by atoms with Crippen LogP contribution in [0.2, 0.25) is 0 Å². The summed E-state index contributed by atoms with van der Waals surface area (Å²) in [6, 6.07) is 14.7. The number of nitrogens with one attached hydrogen (secondary N) is 1. The maximum absolute atomic E-state index is 13.0. The third-order valence-electron chi connectivity index (χ3n) is 6.13. The minimum absolute atomic E-state index is 0.0708. The van der Waals surface area contributed by atoms with Crippen LogP contribution < -0.4 is 5.32 Å². The fourth-order valence-electron chi connectivity index (χ4n) is 4.31. The summed E-state index contributed by atoms with van der Waals surface area (Å²) in [5.41, 5.74) is 5.22. The number of carbonyl (C=O) groups is 3. The van der Waals surface area contributed by atoms with Crippen LogP contribution >= 0.6 is 11.3 Å². The van der Waals surface area contributed by atoms with Gasteiger partial charge in [0.15, 0.2) is 0 Å². The van der Waals surface area contributed by atoms with Gasteiger partial charge in [-0.15, -0.1) is 11.3 Å². The van der Waals surface area contributed by atoms with E-state index in [0.29, 0.717) is 0 Å². The highest BCUT2D eigenvalue weighted by molar-refractivity contribution is 7.11. The molecule has 2 aromatic carbocycles. The number of fused-ring (bicyclic) bond motifs is 3. The summed E-state index contributed by atoms with van der Waals surface area (Å²) in [6.45, 7) is 4.13. The zero-order valence-corrected chi connectivity index (χ0v) is 20.6. The lowest BCUT2D eigenvalue weighted by Gasteiger charge is -2.23. The number of aryl methyl sites for hydroxylation is 2. The van der Waals surface area contributed by atoms with Gasteiger partial charge in [0.25, 0.3) is 0 Å². The third-order valence-corrected chi connectivity index (χ3v) is 7.19. The quantitative estimate of drug-likeness (QED) is 0.489. The Hall–Kier alpha value is -3.72. The zero-order chi connectivity index (χ0) is 25.1. The van der Waals surface area contributed by atoms with Gasteiger partial charge in [0.05, 0.1) is 18.7 Å². The van der Waals surface area contributed by atoms with Gasteiger partial charge >= 0.3 is 12.1 Å². The topological polar surface area (TPSA) is 109 Å². The van der Waals surface area contributed by atoms with Gasteiger partial charge in [-0.3, -0.25) is 9.59 Å². The van der Waals surface area contributed by atoms with Crippen LogP contribution in [0.25, 0.3) is 11.1 Å². The maximum Gasteiger partial charge on any atom is 0.407 e. The molecular weight excluding hydrogens is 466 g/mol. The van der Waals surface area contributed by atoms with Crippen LogP contribution in [0.4, 0.5) is 4.79 Å². The number of aromatic nitrogens is 1. The number of hydrogen-bond acceptors (Lipinski definition) is 6. The number of ether oxygens (including phenoxy) is 1. The van der Waals surface area contributed by atoms with Crippen molar-refractivity contribution in [3.8, 4) is 11.1 Å². The molecule has 0 bridgehead atoms. The van der Waals surface area contributed by atoms with Crippen LogP contribution in [0.1, 0.15) is 39.0 Å². The highest BCUT2D eigenvalue weighted by Crippen LogP contribution is 2.44. The molecule has 0 radical (unpaired) electrons. The highest BCUT2D eigenvalue weighted by atomic mass is 32.1. The van der Waals surface area contributed by atoms with Crippen molar-refractivity contribution in [3.63, 3.8) is 0 Å². The molecule has 1 aliphatic carbocycles. The van der Waals surface area contributed by atoms with Crippen LogP contribution in [-0.4, -0.2) is 52.7 Å². The van der Waals surface area contributed by atoms with Crippen molar-refractivity contribution in [2.24, 2.45) is 0 Å². The first-order valence-electron chi connectivity index (χ1n) is 11.3. The van der Waals surface area contributed by atoms with Crippen molar-refractivity contribution < 1.29 is 24.2 Å². The monoisotopic (exact) mass is 493 g/mol. The molecule has 1 heterocycles. The van der Waals surface area contributed by atoms with Crippen molar-refractivity contribution in [1.29, 1.82) is 0 Å². The summed E-state index contributed by atoms with van der Waals surface area (Å²) in [5, 5.41) is 12.5. The molecule has 1 unspecified atom stereocenters. The number of thiazole rings is 1. The Labute approximate surface area is 207 Å². The number of amides is 2. The van der Waals surface area contributed by atoms with E-state index in [1.54, 1.807) is 7.05 Å². The Balaban J connectivity index is 1.42. The largest absolute Gasteiger partial charge is 0.481 e. The molecule has 182 valence electrons. The van der Waals surface area contributed by atoms with Gasteiger partial charge in [0, 0.05) is 17.8 Å². The average molecular weight is 494 g/mol. The second-order valence-electron chi connectivity index (χ2n) is 8.56. The molecule has 1 aliphatic rings. The molecule has 35 heavy (non-hydrogen) atoms. The number of rotatable bonds is 8. The fraction of sp³-hybridized carbons (Fsp3) is 0.308. The summed E-state index contributed by atoms with van der Waals surface area (Å²) in [6.07, 6.45) is -1.38. The number of aliphatic carboxylic acids is 1. The molecule has 1 atom stereocenters. The van der Waals surface area contributed by atoms with Gasteiger partial charge in [0.1, 0.15) is 17.7 Å². The maximum atomic E-state index is 13.0. The first-order chi connectivity index (χ1) is 16.7. The Kier molecular flexibility index (Phi) is 7.16. The van der Waals surface area contributed by atoms with Crippen LogP contribution in [0.3, 0.4) is 0 Å². The minimum Gasteiger partial charge on any atom is -0.481 e. The summed E-state index contributed by atoms with van der Waals surface area (Å²) in [5.74, 6) is -1.86. The van der Waals surface area contributed by atoms with Crippen molar-refractivity contribution in [2.45, 2.75) is 38.8 Å². The van der Waals surface area contributed by atoms with Crippen molar-refractivity contribution in [3.05, 3.63) is 75.2 Å². The molecule has 0 saturated heterocycles. The number of carboxylic acid groups (broad SMARTS) is 1. The number of nitrogens with zero attached hydrogens (tertiary/aromatic N) is 2. The van der Waals surface area contributed by atoms with Gasteiger partial charge in [-0.05, 0) is 36.1 Å². The second-order valence-corrected chi connectivity index (χ2v) is 9.85. The van der Waals surface area contributed by atoms with Crippen LogP contribution in [-0.2, 0) is 20.9 Å². The number of benzene rings is 2. The number of carboxylic acids is 1. The summed E-state index contributed by atoms with van der Waals surface area (Å²) < 4.78 is 5.49. The molecule has 0 spiro atoms. The first kappa shape index (κ1) is 24.4. The number of likely N-dealkylation sites (N-methyl/N-ethyl adjacent to an activating group) is 1. The summed E-state index contributed by atoms with van der Waals surface area (Å²) in [7, 11) is 1.56. The van der Waals surface area contributed by atoms with Crippen LogP contribution in [0.5, 0.6) is 0 Å². The zero-order valence-electron chi connectivity index (χ0n) is 19.8. The summed E-state index contributed by atoms with van der Waals surface area (Å²) in [4.78, 5) is 43.8. The van der Waals surface area contributed by atoms with E-state index in [9.17, 15) is 19.5 Å². The minimum atomic E-state index is -1.25. The molecule has 9 heteroatoms. The lowest BCUT2D eigenvalue weighted by atomic mass is 9.98. The third kappa shape index (κ3) is 5.35. The Morgan fingerprint density at radius 3 is 2.23 bits per heavy atom. The average Bonchev–Trinajstić information content (AvgIpc) is 3.32. The first-order valence-corrected chi connectivity index (χ1v) is 12.1. The smallest absolute Gasteiger partial charge is 0.407 e. The lowest BCUT2D eigenvalue weighted by Crippen LogP contribution is -2.48. The number of hydrogen-bond donors (Lipinski definition) is 2.